The van der Waals surface area contributed by atoms with Crippen molar-refractivity contribution in [1.29, 1.82) is 0 Å². The van der Waals surface area contributed by atoms with Crippen LogP contribution in [0.15, 0.2) is 77.3 Å². The van der Waals surface area contributed by atoms with E-state index in [1.54, 1.807) is 22.9 Å². The zero-order valence-electron chi connectivity index (χ0n) is 15.4. The van der Waals surface area contributed by atoms with Gasteiger partial charge in [0.1, 0.15) is 0 Å². The quantitative estimate of drug-likeness (QED) is 0.406. The second kappa shape index (κ2) is 8.19. The minimum Gasteiger partial charge on any atom is -0.319 e. The number of nitrogens with zero attached hydrogens (tertiary/aromatic N) is 3. The number of hydrogen-bond acceptors (Lipinski definition) is 3. The number of benzene rings is 3. The van der Waals surface area contributed by atoms with Gasteiger partial charge in [-0.15, -0.1) is 5.10 Å². The minimum atomic E-state index is -0.390. The number of carbonyl (C=O) groups is 1. The van der Waals surface area contributed by atoms with Crippen molar-refractivity contribution in [1.82, 2.24) is 14.8 Å². The number of amides is 1. The van der Waals surface area contributed by atoms with Gasteiger partial charge in [0.05, 0.1) is 5.69 Å². The molecule has 0 fully saturated rings. The van der Waals surface area contributed by atoms with E-state index in [0.717, 1.165) is 21.3 Å². The molecule has 0 radical (unpaired) electrons. The van der Waals surface area contributed by atoms with Crippen molar-refractivity contribution in [3.63, 3.8) is 0 Å². The SMILES string of the molecule is Cc1ccccc1-n1nc(C(=O)Nc2cccc(Br)c2)nc1-c1cccc(Cl)c1. The van der Waals surface area contributed by atoms with Crippen molar-refractivity contribution in [2.75, 3.05) is 5.32 Å². The Morgan fingerprint density at radius 1 is 1.03 bits per heavy atom. The van der Waals surface area contributed by atoms with E-state index in [0.29, 0.717) is 16.5 Å². The van der Waals surface area contributed by atoms with Crippen LogP contribution >= 0.6 is 27.5 Å². The minimum absolute atomic E-state index is 0.0724. The first kappa shape index (κ1) is 19.4. The van der Waals surface area contributed by atoms with Crippen molar-refractivity contribution >= 4 is 39.1 Å². The van der Waals surface area contributed by atoms with Gasteiger partial charge in [-0.25, -0.2) is 9.67 Å². The highest BCUT2D eigenvalue weighted by atomic mass is 79.9. The fraction of sp³-hybridized carbons (Fsp3) is 0.0455. The molecule has 0 unspecified atom stereocenters. The van der Waals surface area contributed by atoms with Crippen LogP contribution in [-0.4, -0.2) is 20.7 Å². The lowest BCUT2D eigenvalue weighted by atomic mass is 10.2. The van der Waals surface area contributed by atoms with E-state index in [-0.39, 0.29) is 5.82 Å². The Morgan fingerprint density at radius 2 is 1.83 bits per heavy atom. The summed E-state index contributed by atoms with van der Waals surface area (Å²) in [4.78, 5) is 17.3. The highest BCUT2D eigenvalue weighted by Crippen LogP contribution is 2.25. The number of halogens is 2. The van der Waals surface area contributed by atoms with E-state index in [1.165, 1.54) is 0 Å². The van der Waals surface area contributed by atoms with Gasteiger partial charge in [0, 0.05) is 20.7 Å². The molecule has 0 aliphatic rings. The van der Waals surface area contributed by atoms with Gasteiger partial charge in [-0.05, 0) is 48.9 Å². The molecule has 1 amide bonds. The molecule has 1 N–H and O–H groups in total. The molecule has 1 aromatic heterocycles. The maximum atomic E-state index is 12.8. The van der Waals surface area contributed by atoms with Gasteiger partial charge >= 0.3 is 0 Å². The third-order valence-electron chi connectivity index (χ3n) is 4.32. The van der Waals surface area contributed by atoms with Crippen LogP contribution < -0.4 is 5.32 Å². The van der Waals surface area contributed by atoms with E-state index in [4.69, 9.17) is 11.6 Å². The molecule has 3 aromatic carbocycles. The monoisotopic (exact) mass is 466 g/mol. The Kier molecular flexibility index (Phi) is 5.47. The summed E-state index contributed by atoms with van der Waals surface area (Å²) in [7, 11) is 0. The summed E-state index contributed by atoms with van der Waals surface area (Å²) in [5.74, 6) is 0.225. The molecule has 1 heterocycles. The number of aromatic nitrogens is 3. The van der Waals surface area contributed by atoms with E-state index in [9.17, 15) is 4.79 Å². The molecule has 0 atom stereocenters. The summed E-state index contributed by atoms with van der Waals surface area (Å²) >= 11 is 9.58. The molecule has 0 bridgehead atoms. The molecule has 0 saturated carbocycles. The summed E-state index contributed by atoms with van der Waals surface area (Å²) in [5.41, 5.74) is 3.28. The predicted octanol–water partition coefficient (Wildman–Crippen LogP) is 5.91. The van der Waals surface area contributed by atoms with Crippen molar-refractivity contribution in [2.45, 2.75) is 6.92 Å². The number of rotatable bonds is 4. The maximum absolute atomic E-state index is 12.8. The van der Waals surface area contributed by atoms with Crippen LogP contribution in [0.1, 0.15) is 16.2 Å². The van der Waals surface area contributed by atoms with Gasteiger partial charge < -0.3 is 5.32 Å². The lowest BCUT2D eigenvalue weighted by molar-refractivity contribution is 0.101. The third kappa shape index (κ3) is 4.23. The molecular formula is C22H16BrClN4O. The number of carbonyl (C=O) groups excluding carboxylic acids is 1. The molecule has 29 heavy (non-hydrogen) atoms. The number of nitrogens with one attached hydrogen (secondary N) is 1. The van der Waals surface area contributed by atoms with Gasteiger partial charge in [-0.1, -0.05) is 63.9 Å². The number of para-hydroxylation sites is 1. The summed E-state index contributed by atoms with van der Waals surface area (Å²) in [5, 5.41) is 7.92. The first-order chi connectivity index (χ1) is 14.0. The van der Waals surface area contributed by atoms with Crippen molar-refractivity contribution in [3.8, 4) is 17.1 Å². The van der Waals surface area contributed by atoms with Crippen LogP contribution in [0.25, 0.3) is 17.1 Å². The first-order valence-electron chi connectivity index (χ1n) is 8.87. The zero-order valence-corrected chi connectivity index (χ0v) is 17.8. The summed E-state index contributed by atoms with van der Waals surface area (Å²) < 4.78 is 2.55. The highest BCUT2D eigenvalue weighted by molar-refractivity contribution is 9.10. The molecule has 4 rings (SSSR count). The van der Waals surface area contributed by atoms with Crippen LogP contribution in [0.2, 0.25) is 5.02 Å². The average molecular weight is 468 g/mol. The molecule has 4 aromatic rings. The Bertz CT molecular complexity index is 1200. The van der Waals surface area contributed by atoms with Gasteiger partial charge in [-0.2, -0.15) is 0 Å². The fourth-order valence-electron chi connectivity index (χ4n) is 2.94. The van der Waals surface area contributed by atoms with E-state index >= 15 is 0 Å². The molecule has 0 saturated heterocycles. The Hall–Kier alpha value is -2.96. The molecule has 0 aliphatic heterocycles. The summed E-state index contributed by atoms with van der Waals surface area (Å²) in [6.45, 7) is 1.99. The number of aryl methyl sites for hydroxylation is 1. The topological polar surface area (TPSA) is 59.8 Å². The van der Waals surface area contributed by atoms with Crippen molar-refractivity contribution in [2.24, 2.45) is 0 Å². The molecular weight excluding hydrogens is 452 g/mol. The van der Waals surface area contributed by atoms with Gasteiger partial charge in [0.15, 0.2) is 5.82 Å². The molecule has 0 aliphatic carbocycles. The van der Waals surface area contributed by atoms with E-state index in [1.807, 2.05) is 61.5 Å². The predicted molar refractivity (Wildman–Crippen MR) is 119 cm³/mol. The number of anilines is 1. The lowest BCUT2D eigenvalue weighted by Gasteiger charge is -2.08. The van der Waals surface area contributed by atoms with Gasteiger partial charge in [0.25, 0.3) is 5.91 Å². The Morgan fingerprint density at radius 3 is 2.59 bits per heavy atom. The zero-order chi connectivity index (χ0) is 20.4. The van der Waals surface area contributed by atoms with Crippen LogP contribution in [-0.2, 0) is 0 Å². The average Bonchev–Trinajstić information content (AvgIpc) is 3.14. The van der Waals surface area contributed by atoms with Gasteiger partial charge in [-0.3, -0.25) is 4.79 Å². The first-order valence-corrected chi connectivity index (χ1v) is 10.0. The fourth-order valence-corrected chi connectivity index (χ4v) is 3.53. The van der Waals surface area contributed by atoms with Crippen molar-refractivity contribution in [3.05, 3.63) is 93.7 Å². The highest BCUT2D eigenvalue weighted by Gasteiger charge is 2.20. The Labute approximate surface area is 181 Å². The van der Waals surface area contributed by atoms with E-state index < -0.39 is 5.91 Å². The molecule has 7 heteroatoms. The largest absolute Gasteiger partial charge is 0.319 e. The second-order valence-corrected chi connectivity index (χ2v) is 7.78. The van der Waals surface area contributed by atoms with Gasteiger partial charge in [0.2, 0.25) is 5.82 Å². The maximum Gasteiger partial charge on any atom is 0.295 e. The van der Waals surface area contributed by atoms with Crippen LogP contribution in [0, 0.1) is 6.92 Å². The second-order valence-electron chi connectivity index (χ2n) is 6.43. The van der Waals surface area contributed by atoms with Crippen LogP contribution in [0.3, 0.4) is 0 Å². The van der Waals surface area contributed by atoms with Crippen molar-refractivity contribution < 1.29 is 4.79 Å². The standard InChI is InChI=1S/C22H16BrClN4O/c1-14-6-2-3-11-19(14)28-21(15-7-4-9-17(24)12-15)26-20(27-28)22(29)25-18-10-5-8-16(23)13-18/h2-13H,1H3,(H,25,29). The Balaban J connectivity index is 1.79. The lowest BCUT2D eigenvalue weighted by Crippen LogP contribution is -2.14. The molecule has 5 nitrogen and oxygen atoms in total. The molecule has 0 spiro atoms. The normalized spacial score (nSPS) is 10.7. The summed E-state index contributed by atoms with van der Waals surface area (Å²) in [6.07, 6.45) is 0. The third-order valence-corrected chi connectivity index (χ3v) is 5.05. The number of hydrogen-bond donors (Lipinski definition) is 1. The smallest absolute Gasteiger partial charge is 0.295 e. The van der Waals surface area contributed by atoms with E-state index in [2.05, 4.69) is 31.3 Å². The van der Waals surface area contributed by atoms with Crippen LogP contribution in [0.4, 0.5) is 5.69 Å². The summed E-state index contributed by atoms with van der Waals surface area (Å²) in [6, 6.07) is 22.5. The molecule has 144 valence electrons. The van der Waals surface area contributed by atoms with Crippen LogP contribution in [0.5, 0.6) is 0 Å².